The van der Waals surface area contributed by atoms with Gasteiger partial charge in [0.2, 0.25) is 0 Å². The average Bonchev–Trinajstić information content (AvgIpc) is 2.63. The molecule has 0 spiro atoms. The number of nitrogens with one attached hydrogen (secondary N) is 2. The number of aliphatic hydroxyl groups is 1. The van der Waals surface area contributed by atoms with Crippen LogP contribution in [0.15, 0.2) is 54.6 Å². The number of rotatable bonds is 7. The van der Waals surface area contributed by atoms with Crippen molar-refractivity contribution in [3.8, 4) is 11.1 Å². The molecule has 2 aromatic rings. The Kier molecular flexibility index (Phi) is 6.49. The predicted octanol–water partition coefficient (Wildman–Crippen LogP) is 2.65. The Bertz CT molecular complexity index is 641. The second kappa shape index (κ2) is 8.59. The molecule has 5 heteroatoms. The zero-order valence-corrected chi connectivity index (χ0v) is 13.9. The van der Waals surface area contributed by atoms with Gasteiger partial charge < -0.3 is 5.11 Å². The van der Waals surface area contributed by atoms with Crippen LogP contribution in [0.3, 0.4) is 0 Å². The van der Waals surface area contributed by atoms with Gasteiger partial charge in [0.25, 0.3) is 5.91 Å². The summed E-state index contributed by atoms with van der Waals surface area (Å²) in [5.41, 5.74) is 4.88. The van der Waals surface area contributed by atoms with Crippen LogP contribution in [0, 0.1) is 0 Å². The fourth-order valence-corrected chi connectivity index (χ4v) is 2.71. The summed E-state index contributed by atoms with van der Waals surface area (Å²) in [5, 5.41) is 21.7. The van der Waals surface area contributed by atoms with E-state index in [2.05, 4.69) is 17.4 Å². The van der Waals surface area contributed by atoms with Crippen molar-refractivity contribution >= 4 is 5.91 Å². The van der Waals surface area contributed by atoms with Crippen molar-refractivity contribution in [1.29, 1.82) is 0 Å². The summed E-state index contributed by atoms with van der Waals surface area (Å²) in [5.74, 6) is -0.649. The first-order valence-electron chi connectivity index (χ1n) is 8.10. The first-order chi connectivity index (χ1) is 11.6. The number of hydrogen-bond donors (Lipinski definition) is 4. The molecule has 0 heterocycles. The smallest absolute Gasteiger partial charge is 0.263 e. The third-order valence-electron chi connectivity index (χ3n) is 4.08. The first kappa shape index (κ1) is 18.1. The van der Waals surface area contributed by atoms with E-state index in [1.165, 1.54) is 6.92 Å². The van der Waals surface area contributed by atoms with Crippen molar-refractivity contribution in [3.63, 3.8) is 0 Å². The quantitative estimate of drug-likeness (QED) is 0.465. The highest BCUT2D eigenvalue weighted by molar-refractivity contribution is 5.81. The van der Waals surface area contributed by atoms with Gasteiger partial charge in [-0.3, -0.25) is 15.3 Å². The molecule has 1 unspecified atom stereocenters. The van der Waals surface area contributed by atoms with E-state index in [0.717, 1.165) is 23.1 Å². The monoisotopic (exact) mass is 328 g/mol. The Morgan fingerprint density at radius 1 is 1.04 bits per heavy atom. The second-order valence-electron chi connectivity index (χ2n) is 5.81. The minimum Gasteiger partial charge on any atom is -0.391 e. The van der Waals surface area contributed by atoms with Crippen LogP contribution < -0.4 is 10.8 Å². The van der Waals surface area contributed by atoms with Crippen LogP contribution in [-0.4, -0.2) is 28.4 Å². The van der Waals surface area contributed by atoms with E-state index in [9.17, 15) is 9.90 Å². The fraction of sp³-hybridized carbons (Fsp3) is 0.316. The topological polar surface area (TPSA) is 81.6 Å². The lowest BCUT2D eigenvalue weighted by atomic mass is 9.98. The lowest BCUT2D eigenvalue weighted by Crippen LogP contribution is -2.50. The SMILES string of the molecule is CCC(N[C@H](C(=O)NO)[C@@H](C)O)c1ccc(-c2ccccc2)cc1. The number of hydroxylamine groups is 1. The third-order valence-corrected chi connectivity index (χ3v) is 4.08. The number of benzene rings is 2. The van der Waals surface area contributed by atoms with Crippen LogP contribution in [0.1, 0.15) is 31.9 Å². The van der Waals surface area contributed by atoms with Crippen LogP contribution in [0.25, 0.3) is 11.1 Å². The van der Waals surface area contributed by atoms with Crippen LogP contribution in [0.2, 0.25) is 0 Å². The molecule has 0 saturated carbocycles. The van der Waals surface area contributed by atoms with E-state index in [4.69, 9.17) is 5.21 Å². The van der Waals surface area contributed by atoms with Gasteiger partial charge in [-0.2, -0.15) is 0 Å². The molecule has 3 atom stereocenters. The minimum absolute atomic E-state index is 0.105. The zero-order valence-electron chi connectivity index (χ0n) is 13.9. The molecule has 0 aromatic heterocycles. The standard InChI is InChI=1S/C19H24N2O3/c1-3-17(20-18(13(2)22)19(23)21-24)16-11-9-15(10-12-16)14-7-5-4-6-8-14/h4-13,17-18,20,22,24H,3H2,1-2H3,(H,21,23)/t13-,17?,18+/m1/s1. The Labute approximate surface area is 142 Å². The Morgan fingerprint density at radius 2 is 1.62 bits per heavy atom. The summed E-state index contributed by atoms with van der Waals surface area (Å²) in [7, 11) is 0. The van der Waals surface area contributed by atoms with E-state index < -0.39 is 18.1 Å². The molecule has 2 aromatic carbocycles. The highest BCUT2D eigenvalue weighted by atomic mass is 16.5. The van der Waals surface area contributed by atoms with Gasteiger partial charge in [-0.1, -0.05) is 61.5 Å². The number of hydrogen-bond acceptors (Lipinski definition) is 4. The maximum atomic E-state index is 11.7. The summed E-state index contributed by atoms with van der Waals surface area (Å²) in [6, 6.07) is 17.2. The normalized spacial score (nSPS) is 14.7. The van der Waals surface area contributed by atoms with Gasteiger partial charge in [0, 0.05) is 6.04 Å². The molecular formula is C19H24N2O3. The van der Waals surface area contributed by atoms with E-state index in [1.807, 2.05) is 49.4 Å². The molecule has 0 saturated heterocycles. The molecule has 0 fully saturated rings. The van der Waals surface area contributed by atoms with Crippen molar-refractivity contribution in [2.45, 2.75) is 38.5 Å². The summed E-state index contributed by atoms with van der Waals surface area (Å²) in [6.45, 7) is 3.51. The number of carbonyl (C=O) groups excluding carboxylic acids is 1. The zero-order chi connectivity index (χ0) is 17.5. The summed E-state index contributed by atoms with van der Waals surface area (Å²) >= 11 is 0. The molecule has 24 heavy (non-hydrogen) atoms. The fourth-order valence-electron chi connectivity index (χ4n) is 2.71. The first-order valence-corrected chi connectivity index (χ1v) is 8.10. The summed E-state index contributed by atoms with van der Waals surface area (Å²) in [4.78, 5) is 11.7. The van der Waals surface area contributed by atoms with Gasteiger partial charge in [-0.15, -0.1) is 0 Å². The molecule has 128 valence electrons. The molecule has 0 aliphatic rings. The van der Waals surface area contributed by atoms with Crippen molar-refractivity contribution in [1.82, 2.24) is 10.8 Å². The van der Waals surface area contributed by atoms with E-state index in [1.54, 1.807) is 5.48 Å². The maximum Gasteiger partial charge on any atom is 0.263 e. The highest BCUT2D eigenvalue weighted by Crippen LogP contribution is 2.23. The van der Waals surface area contributed by atoms with E-state index >= 15 is 0 Å². The van der Waals surface area contributed by atoms with E-state index in [-0.39, 0.29) is 6.04 Å². The van der Waals surface area contributed by atoms with Gasteiger partial charge in [-0.25, -0.2) is 5.48 Å². The molecular weight excluding hydrogens is 304 g/mol. The molecule has 0 bridgehead atoms. The van der Waals surface area contributed by atoms with Crippen molar-refractivity contribution in [3.05, 3.63) is 60.2 Å². The molecule has 0 aliphatic heterocycles. The Hall–Kier alpha value is -2.21. The van der Waals surface area contributed by atoms with Crippen LogP contribution >= 0.6 is 0 Å². The van der Waals surface area contributed by atoms with Gasteiger partial charge in [-0.05, 0) is 30.0 Å². The van der Waals surface area contributed by atoms with Gasteiger partial charge in [0.1, 0.15) is 6.04 Å². The predicted molar refractivity (Wildman–Crippen MR) is 93.4 cm³/mol. The second-order valence-corrected chi connectivity index (χ2v) is 5.81. The largest absolute Gasteiger partial charge is 0.391 e. The molecule has 0 aliphatic carbocycles. The Balaban J connectivity index is 2.17. The lowest BCUT2D eigenvalue weighted by molar-refractivity contribution is -0.134. The van der Waals surface area contributed by atoms with E-state index in [0.29, 0.717) is 0 Å². The summed E-state index contributed by atoms with van der Waals surface area (Å²) in [6.07, 6.45) is -0.179. The van der Waals surface area contributed by atoms with Crippen LogP contribution in [0.5, 0.6) is 0 Å². The van der Waals surface area contributed by atoms with Crippen molar-refractivity contribution in [2.75, 3.05) is 0 Å². The number of aliphatic hydroxyl groups excluding tert-OH is 1. The van der Waals surface area contributed by atoms with Crippen molar-refractivity contribution < 1.29 is 15.1 Å². The van der Waals surface area contributed by atoms with Crippen LogP contribution in [0.4, 0.5) is 0 Å². The van der Waals surface area contributed by atoms with Gasteiger partial charge in [0.15, 0.2) is 0 Å². The average molecular weight is 328 g/mol. The summed E-state index contributed by atoms with van der Waals surface area (Å²) < 4.78 is 0. The third kappa shape index (κ3) is 4.41. The van der Waals surface area contributed by atoms with Gasteiger partial charge >= 0.3 is 0 Å². The molecule has 2 rings (SSSR count). The maximum absolute atomic E-state index is 11.7. The van der Waals surface area contributed by atoms with Crippen molar-refractivity contribution in [2.24, 2.45) is 0 Å². The molecule has 0 radical (unpaired) electrons. The molecule has 4 N–H and O–H groups in total. The number of carbonyl (C=O) groups is 1. The Morgan fingerprint density at radius 3 is 2.12 bits per heavy atom. The van der Waals surface area contributed by atoms with Gasteiger partial charge in [0.05, 0.1) is 6.10 Å². The number of amides is 1. The molecule has 1 amide bonds. The molecule has 5 nitrogen and oxygen atoms in total. The highest BCUT2D eigenvalue weighted by Gasteiger charge is 2.26. The van der Waals surface area contributed by atoms with Crippen LogP contribution in [-0.2, 0) is 4.79 Å². The minimum atomic E-state index is -0.921. The lowest BCUT2D eigenvalue weighted by Gasteiger charge is -2.26.